The molecule has 0 aliphatic carbocycles. The third-order valence-corrected chi connectivity index (χ3v) is 4.18. The van der Waals surface area contributed by atoms with Gasteiger partial charge in [-0.05, 0) is 30.2 Å². The summed E-state index contributed by atoms with van der Waals surface area (Å²) in [5, 5.41) is 2.84. The third-order valence-electron chi connectivity index (χ3n) is 4.18. The molecule has 1 N–H and O–H groups in total. The van der Waals surface area contributed by atoms with Crippen LogP contribution in [0.2, 0.25) is 0 Å². The fourth-order valence-corrected chi connectivity index (χ4v) is 2.92. The average molecular weight is 312 g/mol. The maximum atomic E-state index is 12.3. The monoisotopic (exact) mass is 312 g/mol. The highest BCUT2D eigenvalue weighted by atomic mass is 16.3. The molecular formula is C18H20N2O3. The van der Waals surface area contributed by atoms with Gasteiger partial charge in [0.15, 0.2) is 0 Å². The van der Waals surface area contributed by atoms with Gasteiger partial charge in [-0.1, -0.05) is 25.1 Å². The minimum absolute atomic E-state index is 0.00375. The molecule has 1 aromatic carbocycles. The number of benzene rings is 1. The van der Waals surface area contributed by atoms with Crippen molar-refractivity contribution >= 4 is 17.5 Å². The fraction of sp³-hybridized carbons (Fsp3) is 0.333. The van der Waals surface area contributed by atoms with Crippen LogP contribution in [0.5, 0.6) is 0 Å². The molecule has 0 saturated carbocycles. The second kappa shape index (κ2) is 6.69. The zero-order valence-corrected chi connectivity index (χ0v) is 13.1. The van der Waals surface area contributed by atoms with Crippen molar-refractivity contribution in [3.8, 4) is 0 Å². The van der Waals surface area contributed by atoms with Gasteiger partial charge in [-0.25, -0.2) is 0 Å². The number of hydrogen-bond donors (Lipinski definition) is 1. The molecule has 5 heteroatoms. The normalized spacial score (nSPS) is 17.5. The zero-order chi connectivity index (χ0) is 16.2. The Morgan fingerprint density at radius 3 is 2.87 bits per heavy atom. The van der Waals surface area contributed by atoms with Gasteiger partial charge >= 0.3 is 0 Å². The van der Waals surface area contributed by atoms with E-state index < -0.39 is 0 Å². The van der Waals surface area contributed by atoms with Gasteiger partial charge in [0.25, 0.3) is 0 Å². The van der Waals surface area contributed by atoms with Crippen molar-refractivity contribution in [3.05, 3.63) is 54.0 Å². The first kappa shape index (κ1) is 15.3. The standard InChI is InChI=1S/C18H20N2O3/c1-2-13-6-3-4-8-16(13)20-12-14(10-17(20)21)18(22)19-11-15-7-5-9-23-15/h3-9,14H,2,10-12H2,1H3,(H,19,22). The van der Waals surface area contributed by atoms with Gasteiger partial charge in [0, 0.05) is 18.7 Å². The summed E-state index contributed by atoms with van der Waals surface area (Å²) in [6.45, 7) is 2.84. The minimum atomic E-state index is -0.317. The largest absolute Gasteiger partial charge is 0.467 e. The summed E-state index contributed by atoms with van der Waals surface area (Å²) >= 11 is 0. The second-order valence-electron chi connectivity index (χ2n) is 5.68. The van der Waals surface area contributed by atoms with Crippen molar-refractivity contribution < 1.29 is 14.0 Å². The van der Waals surface area contributed by atoms with E-state index in [0.717, 1.165) is 17.7 Å². The number of amides is 2. The number of para-hydroxylation sites is 1. The molecule has 23 heavy (non-hydrogen) atoms. The molecule has 5 nitrogen and oxygen atoms in total. The zero-order valence-electron chi connectivity index (χ0n) is 13.1. The van der Waals surface area contributed by atoms with E-state index in [2.05, 4.69) is 12.2 Å². The Kier molecular flexibility index (Phi) is 4.46. The van der Waals surface area contributed by atoms with Gasteiger partial charge in [-0.2, -0.15) is 0 Å². The van der Waals surface area contributed by atoms with Crippen LogP contribution in [0.15, 0.2) is 47.1 Å². The molecule has 2 heterocycles. The number of anilines is 1. The van der Waals surface area contributed by atoms with Crippen LogP contribution in [-0.2, 0) is 22.6 Å². The van der Waals surface area contributed by atoms with Crippen molar-refractivity contribution in [2.24, 2.45) is 5.92 Å². The van der Waals surface area contributed by atoms with Crippen LogP contribution in [0.1, 0.15) is 24.7 Å². The second-order valence-corrected chi connectivity index (χ2v) is 5.68. The maximum absolute atomic E-state index is 12.3. The minimum Gasteiger partial charge on any atom is -0.467 e. The van der Waals surface area contributed by atoms with E-state index in [4.69, 9.17) is 4.42 Å². The highest BCUT2D eigenvalue weighted by Crippen LogP contribution is 2.28. The molecule has 120 valence electrons. The van der Waals surface area contributed by atoms with Crippen LogP contribution in [0, 0.1) is 5.92 Å². The summed E-state index contributed by atoms with van der Waals surface area (Å²) in [4.78, 5) is 26.3. The van der Waals surface area contributed by atoms with Crippen molar-refractivity contribution in [1.82, 2.24) is 5.32 Å². The quantitative estimate of drug-likeness (QED) is 0.922. The lowest BCUT2D eigenvalue weighted by Gasteiger charge is -2.19. The predicted octanol–water partition coefficient (Wildman–Crippen LogP) is 2.51. The first-order valence-corrected chi connectivity index (χ1v) is 7.87. The Labute approximate surface area is 135 Å². The Balaban J connectivity index is 1.66. The highest BCUT2D eigenvalue weighted by molar-refractivity contribution is 6.00. The van der Waals surface area contributed by atoms with E-state index in [1.807, 2.05) is 30.3 Å². The van der Waals surface area contributed by atoms with Crippen LogP contribution < -0.4 is 10.2 Å². The van der Waals surface area contributed by atoms with E-state index in [9.17, 15) is 9.59 Å². The fourth-order valence-electron chi connectivity index (χ4n) is 2.92. The topological polar surface area (TPSA) is 62.6 Å². The summed E-state index contributed by atoms with van der Waals surface area (Å²) in [6, 6.07) is 11.4. The number of nitrogens with zero attached hydrogens (tertiary/aromatic N) is 1. The van der Waals surface area contributed by atoms with Gasteiger partial charge in [0.2, 0.25) is 11.8 Å². The van der Waals surface area contributed by atoms with Crippen LogP contribution in [0.25, 0.3) is 0 Å². The lowest BCUT2D eigenvalue weighted by atomic mass is 10.1. The molecule has 3 rings (SSSR count). The molecule has 1 unspecified atom stereocenters. The Bertz CT molecular complexity index is 694. The number of aryl methyl sites for hydroxylation is 1. The average Bonchev–Trinajstić information content (AvgIpc) is 3.22. The van der Waals surface area contributed by atoms with Gasteiger partial charge < -0.3 is 14.6 Å². The number of hydrogen-bond acceptors (Lipinski definition) is 3. The number of furan rings is 1. The molecule has 1 aliphatic heterocycles. The molecule has 0 spiro atoms. The molecule has 1 saturated heterocycles. The summed E-state index contributed by atoms with van der Waals surface area (Å²) in [5.41, 5.74) is 2.04. The SMILES string of the molecule is CCc1ccccc1N1CC(C(=O)NCc2ccco2)CC1=O. The Morgan fingerprint density at radius 2 is 2.13 bits per heavy atom. The van der Waals surface area contributed by atoms with Gasteiger partial charge in [0.05, 0.1) is 18.7 Å². The van der Waals surface area contributed by atoms with Crippen molar-refractivity contribution in [1.29, 1.82) is 0 Å². The van der Waals surface area contributed by atoms with E-state index in [1.54, 1.807) is 17.2 Å². The molecule has 1 atom stereocenters. The van der Waals surface area contributed by atoms with Crippen molar-refractivity contribution in [2.75, 3.05) is 11.4 Å². The molecule has 1 aliphatic rings. The molecule has 2 amide bonds. The Morgan fingerprint density at radius 1 is 1.30 bits per heavy atom. The highest BCUT2D eigenvalue weighted by Gasteiger charge is 2.35. The molecule has 1 fully saturated rings. The predicted molar refractivity (Wildman–Crippen MR) is 86.8 cm³/mol. The van der Waals surface area contributed by atoms with Crippen LogP contribution in [0.3, 0.4) is 0 Å². The summed E-state index contributed by atoms with van der Waals surface area (Å²) in [7, 11) is 0. The van der Waals surface area contributed by atoms with E-state index in [0.29, 0.717) is 18.8 Å². The van der Waals surface area contributed by atoms with Gasteiger partial charge in [0.1, 0.15) is 5.76 Å². The number of rotatable bonds is 5. The molecule has 0 radical (unpaired) electrons. The number of carbonyl (C=O) groups excluding carboxylic acids is 2. The lowest BCUT2D eigenvalue weighted by molar-refractivity contribution is -0.126. The van der Waals surface area contributed by atoms with Crippen LogP contribution in [-0.4, -0.2) is 18.4 Å². The summed E-state index contributed by atoms with van der Waals surface area (Å²) in [6.07, 6.45) is 2.68. The van der Waals surface area contributed by atoms with Crippen molar-refractivity contribution in [2.45, 2.75) is 26.3 Å². The van der Waals surface area contributed by atoms with E-state index >= 15 is 0 Å². The number of carbonyl (C=O) groups is 2. The molecular weight excluding hydrogens is 292 g/mol. The number of nitrogens with one attached hydrogen (secondary N) is 1. The van der Waals surface area contributed by atoms with E-state index in [1.165, 1.54) is 0 Å². The summed E-state index contributed by atoms with van der Waals surface area (Å²) in [5.74, 6) is 0.286. The maximum Gasteiger partial charge on any atom is 0.227 e. The van der Waals surface area contributed by atoms with Crippen LogP contribution >= 0.6 is 0 Å². The third kappa shape index (κ3) is 3.28. The van der Waals surface area contributed by atoms with Crippen molar-refractivity contribution in [3.63, 3.8) is 0 Å². The molecule has 0 bridgehead atoms. The van der Waals surface area contributed by atoms with Crippen LogP contribution in [0.4, 0.5) is 5.69 Å². The molecule has 1 aromatic heterocycles. The first-order chi connectivity index (χ1) is 11.2. The summed E-state index contributed by atoms with van der Waals surface area (Å²) < 4.78 is 5.20. The lowest BCUT2D eigenvalue weighted by Crippen LogP contribution is -2.32. The Hall–Kier alpha value is -2.56. The van der Waals surface area contributed by atoms with E-state index in [-0.39, 0.29) is 24.2 Å². The van der Waals surface area contributed by atoms with Gasteiger partial charge in [-0.3, -0.25) is 9.59 Å². The molecule has 2 aromatic rings. The first-order valence-electron chi connectivity index (χ1n) is 7.87. The smallest absolute Gasteiger partial charge is 0.227 e. The van der Waals surface area contributed by atoms with Gasteiger partial charge in [-0.15, -0.1) is 0 Å².